The maximum absolute atomic E-state index is 13.0. The van der Waals surface area contributed by atoms with Crippen LogP contribution in [0.15, 0.2) is 71.9 Å². The largest absolute Gasteiger partial charge is 0.454 e. The quantitative estimate of drug-likeness (QED) is 0.219. The number of rotatable bonds is 8. The molecular formula is C26H23ClN4O3S. The molecule has 0 saturated carbocycles. The number of para-hydroxylation sites is 1. The number of benzene rings is 3. The number of halogens is 1. The van der Waals surface area contributed by atoms with Crippen molar-refractivity contribution in [1.82, 2.24) is 9.97 Å². The van der Waals surface area contributed by atoms with Crippen molar-refractivity contribution in [3.05, 3.63) is 77.3 Å². The highest BCUT2D eigenvalue weighted by Gasteiger charge is 2.22. The first kappa shape index (κ1) is 23.3. The van der Waals surface area contributed by atoms with E-state index in [1.54, 1.807) is 18.2 Å². The lowest BCUT2D eigenvalue weighted by Gasteiger charge is -2.16. The summed E-state index contributed by atoms with van der Waals surface area (Å²) in [7, 11) is 0. The van der Waals surface area contributed by atoms with Crippen molar-refractivity contribution >= 4 is 51.7 Å². The monoisotopic (exact) mass is 506 g/mol. The summed E-state index contributed by atoms with van der Waals surface area (Å²) in [5.41, 5.74) is 2.55. The van der Waals surface area contributed by atoms with Crippen molar-refractivity contribution in [1.29, 1.82) is 0 Å². The maximum atomic E-state index is 13.0. The van der Waals surface area contributed by atoms with Crippen LogP contribution in [-0.2, 0) is 11.3 Å². The number of hydrogen-bond acceptors (Lipinski definition) is 7. The lowest BCUT2D eigenvalue weighted by Crippen LogP contribution is -2.24. The standard InChI is InChI=1S/C26H23ClN4O3S/c1-2-23(25(32)29-18-11-12-21-22(13-18)34-15-33-21)35-26-30-20-6-4-3-5-19(20)24(31-26)28-14-16-7-9-17(27)10-8-16/h3-13,23H,2,14-15H2,1H3,(H,29,32)(H,28,30,31)/t23-/m1/s1. The molecule has 4 aromatic rings. The average Bonchev–Trinajstić information content (AvgIpc) is 3.34. The van der Waals surface area contributed by atoms with Gasteiger partial charge in [-0.2, -0.15) is 0 Å². The number of aromatic nitrogens is 2. The predicted molar refractivity (Wildman–Crippen MR) is 139 cm³/mol. The molecule has 7 nitrogen and oxygen atoms in total. The van der Waals surface area contributed by atoms with Crippen LogP contribution in [0, 0.1) is 0 Å². The minimum Gasteiger partial charge on any atom is -0.454 e. The van der Waals surface area contributed by atoms with E-state index in [0.29, 0.717) is 40.3 Å². The van der Waals surface area contributed by atoms with Crippen molar-refractivity contribution in [2.45, 2.75) is 30.3 Å². The van der Waals surface area contributed by atoms with Gasteiger partial charge in [-0.3, -0.25) is 4.79 Å². The number of ether oxygens (including phenoxy) is 2. The number of carbonyl (C=O) groups excluding carboxylic acids is 1. The molecule has 0 saturated heterocycles. The molecule has 1 aromatic heterocycles. The SMILES string of the molecule is CC[C@@H](Sc1nc(NCc2ccc(Cl)cc2)c2ccccc2n1)C(=O)Nc1ccc2c(c1)OCO2. The number of anilines is 2. The molecule has 0 bridgehead atoms. The van der Waals surface area contributed by atoms with Crippen LogP contribution in [0.5, 0.6) is 11.5 Å². The first-order valence-corrected chi connectivity index (χ1v) is 12.5. The molecule has 178 valence electrons. The highest BCUT2D eigenvalue weighted by Crippen LogP contribution is 2.35. The number of hydrogen-bond donors (Lipinski definition) is 2. The number of nitrogens with zero attached hydrogens (tertiary/aromatic N) is 2. The second kappa shape index (κ2) is 10.4. The molecule has 3 aromatic carbocycles. The molecule has 1 aliphatic rings. The third-order valence-electron chi connectivity index (χ3n) is 5.51. The molecule has 0 radical (unpaired) electrons. The number of fused-ring (bicyclic) bond motifs is 2. The van der Waals surface area contributed by atoms with Crippen molar-refractivity contribution < 1.29 is 14.3 Å². The Morgan fingerprint density at radius 3 is 2.69 bits per heavy atom. The van der Waals surface area contributed by atoms with E-state index >= 15 is 0 Å². The van der Waals surface area contributed by atoms with E-state index in [1.807, 2.05) is 55.5 Å². The lowest BCUT2D eigenvalue weighted by molar-refractivity contribution is -0.115. The Hall–Kier alpha value is -3.49. The first-order valence-electron chi connectivity index (χ1n) is 11.2. The summed E-state index contributed by atoms with van der Waals surface area (Å²) < 4.78 is 10.7. The summed E-state index contributed by atoms with van der Waals surface area (Å²) in [6.07, 6.45) is 0.616. The van der Waals surface area contributed by atoms with Crippen LogP contribution in [0.4, 0.5) is 11.5 Å². The van der Waals surface area contributed by atoms with Crippen LogP contribution < -0.4 is 20.1 Å². The maximum Gasteiger partial charge on any atom is 0.237 e. The Kier molecular flexibility index (Phi) is 6.92. The summed E-state index contributed by atoms with van der Waals surface area (Å²) in [6, 6.07) is 20.9. The van der Waals surface area contributed by atoms with Gasteiger partial charge in [-0.05, 0) is 48.4 Å². The van der Waals surface area contributed by atoms with Crippen LogP contribution >= 0.6 is 23.4 Å². The van der Waals surface area contributed by atoms with Gasteiger partial charge in [0.05, 0.1) is 10.8 Å². The second-order valence-corrected chi connectivity index (χ2v) is 9.53. The minimum absolute atomic E-state index is 0.121. The Bertz CT molecular complexity index is 1370. The van der Waals surface area contributed by atoms with Gasteiger partial charge in [0.1, 0.15) is 5.82 Å². The Balaban J connectivity index is 1.34. The zero-order valence-electron chi connectivity index (χ0n) is 19.0. The van der Waals surface area contributed by atoms with E-state index < -0.39 is 0 Å². The Morgan fingerprint density at radius 1 is 1.06 bits per heavy atom. The van der Waals surface area contributed by atoms with Crippen LogP contribution in [0.1, 0.15) is 18.9 Å². The Labute approximate surface area is 212 Å². The van der Waals surface area contributed by atoms with E-state index in [9.17, 15) is 4.79 Å². The second-order valence-electron chi connectivity index (χ2n) is 7.92. The fourth-order valence-corrected chi connectivity index (χ4v) is 4.69. The van der Waals surface area contributed by atoms with Gasteiger partial charge in [0.25, 0.3) is 0 Å². The van der Waals surface area contributed by atoms with E-state index in [1.165, 1.54) is 11.8 Å². The molecule has 2 heterocycles. The zero-order valence-corrected chi connectivity index (χ0v) is 20.5. The molecule has 0 aliphatic carbocycles. The van der Waals surface area contributed by atoms with E-state index in [4.69, 9.17) is 31.0 Å². The third-order valence-corrected chi connectivity index (χ3v) is 6.98. The normalized spacial score (nSPS) is 13.0. The zero-order chi connectivity index (χ0) is 24.2. The first-order chi connectivity index (χ1) is 17.1. The highest BCUT2D eigenvalue weighted by atomic mass is 35.5. The fourth-order valence-electron chi connectivity index (χ4n) is 3.68. The van der Waals surface area contributed by atoms with Crippen molar-refractivity contribution in [2.75, 3.05) is 17.4 Å². The topological polar surface area (TPSA) is 85.4 Å². The van der Waals surface area contributed by atoms with Gasteiger partial charge in [0.15, 0.2) is 16.7 Å². The third kappa shape index (κ3) is 5.44. The number of thioether (sulfide) groups is 1. The van der Waals surface area contributed by atoms with Gasteiger partial charge in [0, 0.05) is 28.7 Å². The van der Waals surface area contributed by atoms with Gasteiger partial charge < -0.3 is 20.1 Å². The molecular weight excluding hydrogens is 484 g/mol. The fraction of sp³-hybridized carbons (Fsp3) is 0.192. The van der Waals surface area contributed by atoms with Gasteiger partial charge in [-0.1, -0.05) is 54.6 Å². The summed E-state index contributed by atoms with van der Waals surface area (Å²) in [5.74, 6) is 1.90. The summed E-state index contributed by atoms with van der Waals surface area (Å²) in [5, 5.41) is 8.17. The van der Waals surface area contributed by atoms with Crippen LogP contribution in [0.3, 0.4) is 0 Å². The predicted octanol–water partition coefficient (Wildman–Crippen LogP) is 6.13. The van der Waals surface area contributed by atoms with Crippen LogP contribution in [-0.4, -0.2) is 27.9 Å². The van der Waals surface area contributed by atoms with Crippen molar-refractivity contribution in [3.63, 3.8) is 0 Å². The number of carbonyl (C=O) groups is 1. The average molecular weight is 507 g/mol. The molecule has 9 heteroatoms. The van der Waals surface area contributed by atoms with E-state index in [0.717, 1.165) is 22.3 Å². The smallest absolute Gasteiger partial charge is 0.237 e. The molecule has 0 spiro atoms. The van der Waals surface area contributed by atoms with Gasteiger partial charge in [-0.25, -0.2) is 9.97 Å². The molecule has 1 amide bonds. The van der Waals surface area contributed by atoms with Gasteiger partial charge >= 0.3 is 0 Å². The van der Waals surface area contributed by atoms with Gasteiger partial charge in [-0.15, -0.1) is 0 Å². The summed E-state index contributed by atoms with van der Waals surface area (Å²) in [6.45, 7) is 2.75. The van der Waals surface area contributed by atoms with Gasteiger partial charge in [0.2, 0.25) is 12.7 Å². The molecule has 0 fully saturated rings. The molecule has 1 atom stereocenters. The van der Waals surface area contributed by atoms with Crippen LogP contribution in [0.2, 0.25) is 5.02 Å². The number of amides is 1. The minimum atomic E-state index is -0.370. The lowest BCUT2D eigenvalue weighted by atomic mass is 10.2. The molecule has 0 unspecified atom stereocenters. The summed E-state index contributed by atoms with van der Waals surface area (Å²) in [4.78, 5) is 22.5. The van der Waals surface area contributed by atoms with Crippen molar-refractivity contribution in [3.8, 4) is 11.5 Å². The molecule has 1 aliphatic heterocycles. The number of nitrogens with one attached hydrogen (secondary N) is 2. The Morgan fingerprint density at radius 2 is 1.86 bits per heavy atom. The molecule has 2 N–H and O–H groups in total. The highest BCUT2D eigenvalue weighted by molar-refractivity contribution is 8.00. The van der Waals surface area contributed by atoms with E-state index in [2.05, 4.69) is 10.6 Å². The van der Waals surface area contributed by atoms with E-state index in [-0.39, 0.29) is 18.0 Å². The van der Waals surface area contributed by atoms with Crippen molar-refractivity contribution in [2.24, 2.45) is 0 Å². The molecule has 35 heavy (non-hydrogen) atoms. The van der Waals surface area contributed by atoms with Crippen LogP contribution in [0.25, 0.3) is 10.9 Å². The molecule has 5 rings (SSSR count). The summed E-state index contributed by atoms with van der Waals surface area (Å²) >= 11 is 7.35.